The van der Waals surface area contributed by atoms with Crippen LogP contribution in [0.5, 0.6) is 0 Å². The van der Waals surface area contributed by atoms with Gasteiger partial charge < -0.3 is 10.2 Å². The molecular formula is C14H21N3O3S. The van der Waals surface area contributed by atoms with Gasteiger partial charge in [0.25, 0.3) is 0 Å². The highest BCUT2D eigenvalue weighted by molar-refractivity contribution is 7.89. The summed E-state index contributed by atoms with van der Waals surface area (Å²) in [6, 6.07) is 6.57. The number of piperidine rings is 1. The molecule has 1 fully saturated rings. The number of benzene rings is 1. The zero-order chi connectivity index (χ0) is 15.3. The lowest BCUT2D eigenvalue weighted by molar-refractivity contribution is -0.130. The predicted molar refractivity (Wildman–Crippen MR) is 81.6 cm³/mol. The maximum absolute atomic E-state index is 12.1. The molecule has 21 heavy (non-hydrogen) atoms. The Morgan fingerprint density at radius 1 is 1.19 bits per heavy atom. The monoisotopic (exact) mass is 311 g/mol. The fourth-order valence-electron chi connectivity index (χ4n) is 2.38. The Morgan fingerprint density at radius 3 is 2.52 bits per heavy atom. The topological polar surface area (TPSA) is 78.5 Å². The Morgan fingerprint density at radius 2 is 1.86 bits per heavy atom. The average Bonchev–Trinajstić information content (AvgIpc) is 2.53. The van der Waals surface area contributed by atoms with Gasteiger partial charge in [-0.1, -0.05) is 12.1 Å². The molecule has 0 atom stereocenters. The van der Waals surface area contributed by atoms with Crippen molar-refractivity contribution in [3.8, 4) is 0 Å². The molecule has 0 spiro atoms. The number of hydrogen-bond donors (Lipinski definition) is 2. The number of carbonyl (C=O) groups is 1. The number of para-hydroxylation sites is 1. The van der Waals surface area contributed by atoms with Gasteiger partial charge in [-0.3, -0.25) is 4.79 Å². The Labute approximate surface area is 125 Å². The number of rotatable bonds is 5. The smallest absolute Gasteiger partial charge is 0.242 e. The van der Waals surface area contributed by atoms with Gasteiger partial charge in [0.05, 0.1) is 12.2 Å². The zero-order valence-corrected chi connectivity index (χ0v) is 12.9. The normalized spacial score (nSPS) is 15.8. The summed E-state index contributed by atoms with van der Waals surface area (Å²) in [6.45, 7) is 1.68. The summed E-state index contributed by atoms with van der Waals surface area (Å²) in [5, 5.41) is 2.94. The van der Waals surface area contributed by atoms with Crippen molar-refractivity contribution in [2.24, 2.45) is 0 Å². The highest BCUT2D eigenvalue weighted by Crippen LogP contribution is 2.20. The van der Waals surface area contributed by atoms with Gasteiger partial charge in [0, 0.05) is 13.1 Å². The molecule has 7 heteroatoms. The number of nitrogens with one attached hydrogen (secondary N) is 2. The maximum atomic E-state index is 12.1. The van der Waals surface area contributed by atoms with Crippen LogP contribution in [0.3, 0.4) is 0 Å². The minimum Gasteiger partial charge on any atom is -0.375 e. The second-order valence-corrected chi connectivity index (χ2v) is 6.85. The molecule has 0 aliphatic carbocycles. The van der Waals surface area contributed by atoms with Crippen molar-refractivity contribution < 1.29 is 13.2 Å². The van der Waals surface area contributed by atoms with Crippen molar-refractivity contribution >= 4 is 21.6 Å². The van der Waals surface area contributed by atoms with E-state index in [1.165, 1.54) is 19.5 Å². The molecule has 0 bridgehead atoms. The summed E-state index contributed by atoms with van der Waals surface area (Å²) >= 11 is 0. The van der Waals surface area contributed by atoms with Gasteiger partial charge in [-0.2, -0.15) is 0 Å². The molecule has 2 N–H and O–H groups in total. The molecule has 1 aliphatic heterocycles. The van der Waals surface area contributed by atoms with Crippen LogP contribution >= 0.6 is 0 Å². The van der Waals surface area contributed by atoms with Crippen LogP contribution in [0, 0.1) is 0 Å². The molecular weight excluding hydrogens is 290 g/mol. The average molecular weight is 311 g/mol. The summed E-state index contributed by atoms with van der Waals surface area (Å²) in [4.78, 5) is 14.1. The van der Waals surface area contributed by atoms with Gasteiger partial charge in [0.15, 0.2) is 0 Å². The number of likely N-dealkylation sites (tertiary alicyclic amines) is 1. The molecule has 116 valence electrons. The van der Waals surface area contributed by atoms with E-state index in [0.29, 0.717) is 5.69 Å². The van der Waals surface area contributed by atoms with Crippen LogP contribution < -0.4 is 10.0 Å². The minimum absolute atomic E-state index is 0.00589. The lowest BCUT2D eigenvalue weighted by Crippen LogP contribution is -2.39. The van der Waals surface area contributed by atoms with Crippen LogP contribution in [0.15, 0.2) is 29.2 Å². The largest absolute Gasteiger partial charge is 0.375 e. The first-order valence-electron chi connectivity index (χ1n) is 7.09. The van der Waals surface area contributed by atoms with Gasteiger partial charge in [0.2, 0.25) is 15.9 Å². The second kappa shape index (κ2) is 6.91. The Hall–Kier alpha value is -1.60. The molecule has 1 aromatic rings. The fraction of sp³-hybridized carbons (Fsp3) is 0.500. The summed E-state index contributed by atoms with van der Waals surface area (Å²) in [6.07, 6.45) is 3.24. The number of amides is 1. The predicted octanol–water partition coefficient (Wildman–Crippen LogP) is 1.02. The molecule has 0 aromatic heterocycles. The number of sulfonamides is 1. The number of hydrogen-bond acceptors (Lipinski definition) is 4. The van der Waals surface area contributed by atoms with Crippen molar-refractivity contribution in [2.75, 3.05) is 32.0 Å². The van der Waals surface area contributed by atoms with Crippen molar-refractivity contribution in [3.05, 3.63) is 24.3 Å². The number of nitrogens with zero attached hydrogens (tertiary/aromatic N) is 1. The van der Waals surface area contributed by atoms with Crippen molar-refractivity contribution in [2.45, 2.75) is 24.2 Å². The lowest BCUT2D eigenvalue weighted by atomic mass is 10.1. The van der Waals surface area contributed by atoms with Gasteiger partial charge in [-0.05, 0) is 38.4 Å². The standard InChI is InChI=1S/C14H21N3O3S/c1-15-21(19,20)13-8-4-3-7-12(13)16-11-14(18)17-9-5-2-6-10-17/h3-4,7-8,15-16H,2,5-6,9-11H2,1H3. The Kier molecular flexibility index (Phi) is 5.19. The molecule has 1 aliphatic rings. The Bertz CT molecular complexity index is 595. The molecule has 1 aromatic carbocycles. The van der Waals surface area contributed by atoms with Crippen molar-refractivity contribution in [1.29, 1.82) is 0 Å². The summed E-state index contributed by atoms with van der Waals surface area (Å²) in [7, 11) is -2.17. The van der Waals surface area contributed by atoms with Crippen LogP contribution in [0.25, 0.3) is 0 Å². The van der Waals surface area contributed by atoms with E-state index in [1.54, 1.807) is 18.2 Å². The molecule has 0 unspecified atom stereocenters. The summed E-state index contributed by atoms with van der Waals surface area (Å²) in [5.74, 6) is 0.00589. The van der Waals surface area contributed by atoms with E-state index in [1.807, 2.05) is 4.90 Å². The third kappa shape index (κ3) is 3.95. The van der Waals surface area contributed by atoms with Crippen LogP contribution in [0.1, 0.15) is 19.3 Å². The van der Waals surface area contributed by atoms with E-state index in [-0.39, 0.29) is 17.3 Å². The van der Waals surface area contributed by atoms with E-state index >= 15 is 0 Å². The molecule has 6 nitrogen and oxygen atoms in total. The third-order valence-corrected chi connectivity index (χ3v) is 5.06. The third-order valence-electron chi connectivity index (χ3n) is 3.58. The van der Waals surface area contributed by atoms with Crippen LogP contribution in [-0.4, -0.2) is 45.9 Å². The molecule has 1 saturated heterocycles. The minimum atomic E-state index is -3.54. The first-order chi connectivity index (χ1) is 10.0. The fourth-order valence-corrected chi connectivity index (χ4v) is 3.29. The van der Waals surface area contributed by atoms with Gasteiger partial charge >= 0.3 is 0 Å². The van der Waals surface area contributed by atoms with E-state index in [9.17, 15) is 13.2 Å². The summed E-state index contributed by atoms with van der Waals surface area (Å²) in [5.41, 5.74) is 0.442. The quantitative estimate of drug-likeness (QED) is 0.851. The van der Waals surface area contributed by atoms with E-state index < -0.39 is 10.0 Å². The lowest BCUT2D eigenvalue weighted by Gasteiger charge is -2.27. The zero-order valence-electron chi connectivity index (χ0n) is 12.1. The van der Waals surface area contributed by atoms with Crippen LogP contribution in [-0.2, 0) is 14.8 Å². The van der Waals surface area contributed by atoms with Crippen LogP contribution in [0.4, 0.5) is 5.69 Å². The second-order valence-electron chi connectivity index (χ2n) is 5.00. The van der Waals surface area contributed by atoms with Gasteiger partial charge in [-0.25, -0.2) is 13.1 Å². The van der Waals surface area contributed by atoms with E-state index in [4.69, 9.17) is 0 Å². The van der Waals surface area contributed by atoms with Gasteiger partial charge in [0.1, 0.15) is 4.90 Å². The SMILES string of the molecule is CNS(=O)(=O)c1ccccc1NCC(=O)N1CCCCC1. The van der Waals surface area contributed by atoms with E-state index in [0.717, 1.165) is 25.9 Å². The van der Waals surface area contributed by atoms with Crippen molar-refractivity contribution in [1.82, 2.24) is 9.62 Å². The number of anilines is 1. The van der Waals surface area contributed by atoms with Crippen molar-refractivity contribution in [3.63, 3.8) is 0 Å². The first kappa shape index (κ1) is 15.8. The molecule has 0 radical (unpaired) electrons. The molecule has 2 rings (SSSR count). The molecule has 0 saturated carbocycles. The van der Waals surface area contributed by atoms with Gasteiger partial charge in [-0.15, -0.1) is 0 Å². The first-order valence-corrected chi connectivity index (χ1v) is 8.57. The van der Waals surface area contributed by atoms with Crippen LogP contribution in [0.2, 0.25) is 0 Å². The molecule has 1 amide bonds. The summed E-state index contributed by atoms with van der Waals surface area (Å²) < 4.78 is 26.1. The highest BCUT2D eigenvalue weighted by Gasteiger charge is 2.19. The highest BCUT2D eigenvalue weighted by atomic mass is 32.2. The Balaban J connectivity index is 2.05. The maximum Gasteiger partial charge on any atom is 0.242 e. The van der Waals surface area contributed by atoms with E-state index in [2.05, 4.69) is 10.0 Å². The molecule has 1 heterocycles. The number of carbonyl (C=O) groups excluding carboxylic acids is 1.